The Labute approximate surface area is 230 Å². The summed E-state index contributed by atoms with van der Waals surface area (Å²) in [5.41, 5.74) is 1.74. The number of imidazole rings is 1. The van der Waals surface area contributed by atoms with E-state index >= 15 is 0 Å². The zero-order valence-corrected chi connectivity index (χ0v) is 22.2. The first-order valence-electron chi connectivity index (χ1n) is 13.0. The minimum atomic E-state index is -4.54. The molecule has 0 bridgehead atoms. The second-order valence-corrected chi connectivity index (χ2v) is 10.0. The van der Waals surface area contributed by atoms with E-state index in [0.29, 0.717) is 36.0 Å². The Balaban J connectivity index is 1.30. The number of piperazine rings is 1. The van der Waals surface area contributed by atoms with Crippen molar-refractivity contribution in [2.45, 2.75) is 32.6 Å². The third-order valence-corrected chi connectivity index (χ3v) is 6.98. The van der Waals surface area contributed by atoms with Gasteiger partial charge in [0.15, 0.2) is 5.65 Å². The number of carbonyl (C=O) groups excluding carboxylic acids is 1. The van der Waals surface area contributed by atoms with E-state index in [0.717, 1.165) is 19.2 Å². The molecule has 0 atom stereocenters. The molecule has 0 saturated carbocycles. The predicted octanol–water partition coefficient (Wildman–Crippen LogP) is 4.93. The van der Waals surface area contributed by atoms with E-state index in [4.69, 9.17) is 0 Å². The maximum absolute atomic E-state index is 14.0. The number of nitrogens with one attached hydrogen (secondary N) is 1. The van der Waals surface area contributed by atoms with Crippen LogP contribution in [0.1, 0.15) is 46.6 Å². The number of nitrogens with zero attached hydrogens (tertiary/aromatic N) is 5. The molecule has 10 heteroatoms. The second-order valence-electron chi connectivity index (χ2n) is 10.0. The molecule has 1 saturated heterocycles. The largest absolute Gasteiger partial charge is 0.416 e. The quantitative estimate of drug-likeness (QED) is 0.360. The molecule has 206 valence electrons. The molecule has 1 aliphatic heterocycles. The van der Waals surface area contributed by atoms with Gasteiger partial charge in [0, 0.05) is 68.0 Å². The summed E-state index contributed by atoms with van der Waals surface area (Å²) in [7, 11) is 0. The number of benzene rings is 2. The van der Waals surface area contributed by atoms with Crippen LogP contribution in [-0.2, 0) is 12.7 Å². The van der Waals surface area contributed by atoms with Crippen LogP contribution < -0.4 is 5.32 Å². The number of alkyl halides is 3. The van der Waals surface area contributed by atoms with Crippen molar-refractivity contribution in [2.75, 3.05) is 31.5 Å². The number of hydrogen-bond donors (Lipinski definition) is 1. The molecule has 0 aliphatic carbocycles. The van der Waals surface area contributed by atoms with E-state index in [1.807, 2.05) is 4.90 Å². The van der Waals surface area contributed by atoms with Crippen LogP contribution in [0.2, 0.25) is 0 Å². The molecule has 2 aromatic heterocycles. The Morgan fingerprint density at radius 1 is 1.05 bits per heavy atom. The molecule has 1 N–H and O–H groups in total. The van der Waals surface area contributed by atoms with Crippen molar-refractivity contribution in [1.82, 2.24) is 24.2 Å². The Morgan fingerprint density at radius 3 is 2.60 bits per heavy atom. The third kappa shape index (κ3) is 6.33. The molecular formula is C30H29F3N6O. The molecule has 0 radical (unpaired) electrons. The van der Waals surface area contributed by atoms with Gasteiger partial charge in [0.05, 0.1) is 18.0 Å². The van der Waals surface area contributed by atoms with Crippen LogP contribution in [0.4, 0.5) is 18.9 Å². The number of amides is 1. The molecule has 3 heterocycles. The van der Waals surface area contributed by atoms with Crippen LogP contribution in [0.5, 0.6) is 0 Å². The summed E-state index contributed by atoms with van der Waals surface area (Å²) in [5, 5.41) is 2.61. The minimum Gasteiger partial charge on any atom is -0.322 e. The van der Waals surface area contributed by atoms with Crippen molar-refractivity contribution in [3.8, 4) is 11.8 Å². The predicted molar refractivity (Wildman–Crippen MR) is 147 cm³/mol. The van der Waals surface area contributed by atoms with Crippen LogP contribution in [0.3, 0.4) is 0 Å². The van der Waals surface area contributed by atoms with E-state index in [-0.39, 0.29) is 23.4 Å². The lowest BCUT2D eigenvalue weighted by Crippen LogP contribution is -2.48. The lowest BCUT2D eigenvalue weighted by molar-refractivity contribution is -0.138. The van der Waals surface area contributed by atoms with E-state index in [2.05, 4.69) is 45.9 Å². The van der Waals surface area contributed by atoms with Crippen molar-refractivity contribution < 1.29 is 18.0 Å². The van der Waals surface area contributed by atoms with Gasteiger partial charge in [-0.2, -0.15) is 13.2 Å². The number of aromatic nitrogens is 3. The monoisotopic (exact) mass is 546 g/mol. The number of fused-ring (bicyclic) bond motifs is 1. The summed E-state index contributed by atoms with van der Waals surface area (Å²) in [6.07, 6.45) is 2.10. The fourth-order valence-corrected chi connectivity index (χ4v) is 4.75. The van der Waals surface area contributed by atoms with Crippen LogP contribution >= 0.6 is 0 Å². The Kier molecular flexibility index (Phi) is 7.87. The molecule has 1 aliphatic rings. The average Bonchev–Trinajstić information content (AvgIpc) is 3.36. The van der Waals surface area contributed by atoms with Crippen molar-refractivity contribution >= 4 is 17.2 Å². The second kappa shape index (κ2) is 11.5. The number of carbonyl (C=O) groups is 1. The zero-order chi connectivity index (χ0) is 28.3. The molecule has 5 rings (SSSR count). The zero-order valence-electron chi connectivity index (χ0n) is 22.2. The molecule has 2 aromatic carbocycles. The first-order valence-corrected chi connectivity index (χ1v) is 13.0. The van der Waals surface area contributed by atoms with E-state index in [1.165, 1.54) is 12.1 Å². The van der Waals surface area contributed by atoms with Crippen molar-refractivity contribution in [2.24, 2.45) is 0 Å². The van der Waals surface area contributed by atoms with Crippen LogP contribution in [0.15, 0.2) is 67.3 Å². The van der Waals surface area contributed by atoms with E-state index in [1.54, 1.807) is 53.5 Å². The van der Waals surface area contributed by atoms with Gasteiger partial charge in [0.2, 0.25) is 0 Å². The summed E-state index contributed by atoms with van der Waals surface area (Å²) in [4.78, 5) is 25.6. The molecular weight excluding hydrogens is 517 g/mol. The SMILES string of the molecule is CC(C)N1CCN(Cc2ccc(NC(=O)c3cccc(C#Cc4cnc5cnccn45)c3)cc2C(F)(F)F)CC1. The van der Waals surface area contributed by atoms with Crippen LogP contribution in [0, 0.1) is 11.8 Å². The topological polar surface area (TPSA) is 65.8 Å². The number of rotatable bonds is 5. The van der Waals surface area contributed by atoms with Gasteiger partial charge in [-0.25, -0.2) is 4.98 Å². The fourth-order valence-electron chi connectivity index (χ4n) is 4.75. The number of halogens is 3. The standard InChI is InChI=1S/C30H29F3N6O/c1-21(2)38-14-12-37(13-15-38)20-24-7-8-25(17-27(24)30(31,32)33)36-29(40)23-5-3-4-22(16-23)6-9-26-18-35-28-19-34-10-11-39(26)28/h3-5,7-8,10-11,16-19,21H,12-15,20H2,1-2H3,(H,36,40). The summed E-state index contributed by atoms with van der Waals surface area (Å²) in [6.45, 7) is 7.52. The van der Waals surface area contributed by atoms with Gasteiger partial charge in [-0.3, -0.25) is 24.0 Å². The maximum atomic E-state index is 14.0. The maximum Gasteiger partial charge on any atom is 0.416 e. The lowest BCUT2D eigenvalue weighted by atomic mass is 10.0. The van der Waals surface area contributed by atoms with Crippen molar-refractivity contribution in [1.29, 1.82) is 0 Å². The minimum absolute atomic E-state index is 0.0847. The first-order chi connectivity index (χ1) is 19.2. The van der Waals surface area contributed by atoms with Gasteiger partial charge in [-0.15, -0.1) is 0 Å². The molecule has 7 nitrogen and oxygen atoms in total. The van der Waals surface area contributed by atoms with Gasteiger partial charge in [0.1, 0.15) is 5.69 Å². The highest BCUT2D eigenvalue weighted by atomic mass is 19.4. The Bertz CT molecular complexity index is 1580. The van der Waals surface area contributed by atoms with E-state index in [9.17, 15) is 18.0 Å². The Morgan fingerprint density at radius 2 is 1.85 bits per heavy atom. The third-order valence-electron chi connectivity index (χ3n) is 6.98. The summed E-state index contributed by atoms with van der Waals surface area (Å²) < 4.78 is 43.8. The number of hydrogen-bond acceptors (Lipinski definition) is 5. The Hall–Kier alpha value is -4.20. The highest BCUT2D eigenvalue weighted by Crippen LogP contribution is 2.34. The van der Waals surface area contributed by atoms with Gasteiger partial charge in [0.25, 0.3) is 5.91 Å². The molecule has 1 fully saturated rings. The smallest absolute Gasteiger partial charge is 0.322 e. The van der Waals surface area contributed by atoms with Gasteiger partial charge < -0.3 is 5.32 Å². The normalized spacial score (nSPS) is 14.8. The van der Waals surface area contributed by atoms with Gasteiger partial charge in [-0.1, -0.05) is 18.1 Å². The fraction of sp³-hybridized carbons (Fsp3) is 0.300. The lowest BCUT2D eigenvalue weighted by Gasteiger charge is -2.37. The van der Waals surface area contributed by atoms with Crippen LogP contribution in [-0.4, -0.2) is 62.3 Å². The average molecular weight is 547 g/mol. The molecule has 4 aromatic rings. The molecule has 40 heavy (non-hydrogen) atoms. The summed E-state index contributed by atoms with van der Waals surface area (Å²) in [6, 6.07) is 11.0. The first kappa shape index (κ1) is 27.4. The van der Waals surface area contributed by atoms with E-state index < -0.39 is 17.6 Å². The number of anilines is 1. The molecule has 1 amide bonds. The summed E-state index contributed by atoms with van der Waals surface area (Å²) >= 11 is 0. The summed E-state index contributed by atoms with van der Waals surface area (Å²) in [5.74, 6) is 5.53. The van der Waals surface area contributed by atoms with Crippen molar-refractivity contribution in [3.63, 3.8) is 0 Å². The molecule has 0 unspecified atom stereocenters. The van der Waals surface area contributed by atoms with Gasteiger partial charge >= 0.3 is 6.18 Å². The van der Waals surface area contributed by atoms with Crippen molar-refractivity contribution in [3.05, 3.63) is 95.2 Å². The highest BCUT2D eigenvalue weighted by Gasteiger charge is 2.34. The molecule has 0 spiro atoms. The van der Waals surface area contributed by atoms with Gasteiger partial charge in [-0.05, 0) is 55.7 Å². The highest BCUT2D eigenvalue weighted by molar-refractivity contribution is 6.04. The van der Waals surface area contributed by atoms with Crippen LogP contribution in [0.25, 0.3) is 5.65 Å².